The Labute approximate surface area is 151 Å². The average Bonchev–Trinajstić information content (AvgIpc) is 2.95. The molecular formula is C17H13N7O3. The Balaban J connectivity index is 1.64. The van der Waals surface area contributed by atoms with Crippen LogP contribution in [0.3, 0.4) is 0 Å². The predicted molar refractivity (Wildman–Crippen MR) is 99.8 cm³/mol. The minimum atomic E-state index is -0.550. The largest absolute Gasteiger partial charge is 0.507 e. The summed E-state index contributed by atoms with van der Waals surface area (Å²) in [6.45, 7) is 0. The van der Waals surface area contributed by atoms with Crippen molar-refractivity contribution in [1.29, 1.82) is 0 Å². The second-order valence-electron chi connectivity index (χ2n) is 5.75. The number of nitrogens with one attached hydrogen (secondary N) is 1. The van der Waals surface area contributed by atoms with Crippen LogP contribution in [0.4, 0.5) is 11.6 Å². The van der Waals surface area contributed by atoms with Gasteiger partial charge in [0.25, 0.3) is 11.6 Å². The van der Waals surface area contributed by atoms with Gasteiger partial charge in [-0.2, -0.15) is 10.1 Å². The third-order valence-electron chi connectivity index (χ3n) is 4.10. The highest BCUT2D eigenvalue weighted by molar-refractivity contribution is 6.04. The van der Waals surface area contributed by atoms with Gasteiger partial charge in [-0.05, 0) is 12.1 Å². The van der Waals surface area contributed by atoms with Crippen molar-refractivity contribution in [3.8, 4) is 5.75 Å². The minimum Gasteiger partial charge on any atom is -0.507 e. The standard InChI is InChI=1S/C17H13N7O3/c1-23-13-5-3-2-4-12(13)15-16(23)19-17(22-20-15)21-18-9-10-8-11(24(26)27)6-7-14(10)25/h2-9,25H,1H3,(H,19,21,22)/b18-9-. The lowest BCUT2D eigenvalue weighted by Gasteiger charge is -2.00. The van der Waals surface area contributed by atoms with Gasteiger partial charge >= 0.3 is 0 Å². The van der Waals surface area contributed by atoms with Gasteiger partial charge < -0.3 is 9.67 Å². The molecule has 0 fully saturated rings. The summed E-state index contributed by atoms with van der Waals surface area (Å²) in [7, 11) is 1.88. The second-order valence-corrected chi connectivity index (χ2v) is 5.75. The first kappa shape index (κ1) is 16.4. The fraction of sp³-hybridized carbons (Fsp3) is 0.0588. The highest BCUT2D eigenvalue weighted by Gasteiger charge is 2.12. The molecule has 0 saturated heterocycles. The number of anilines is 1. The van der Waals surface area contributed by atoms with Gasteiger partial charge in [-0.25, -0.2) is 5.43 Å². The molecule has 0 saturated carbocycles. The van der Waals surface area contributed by atoms with E-state index in [0.717, 1.165) is 10.9 Å². The number of aromatic hydroxyl groups is 1. The number of nitrogens with zero attached hydrogens (tertiary/aromatic N) is 6. The van der Waals surface area contributed by atoms with Crippen molar-refractivity contribution in [2.75, 3.05) is 5.43 Å². The van der Waals surface area contributed by atoms with E-state index in [2.05, 4.69) is 25.7 Å². The van der Waals surface area contributed by atoms with Gasteiger partial charge in [0.1, 0.15) is 11.3 Å². The maximum Gasteiger partial charge on any atom is 0.270 e. The predicted octanol–water partition coefficient (Wildman–Crippen LogP) is 2.58. The number of hydrazone groups is 1. The van der Waals surface area contributed by atoms with Crippen LogP contribution < -0.4 is 5.43 Å². The van der Waals surface area contributed by atoms with E-state index < -0.39 is 4.92 Å². The molecular weight excluding hydrogens is 350 g/mol. The van der Waals surface area contributed by atoms with Crippen molar-refractivity contribution < 1.29 is 10.0 Å². The lowest BCUT2D eigenvalue weighted by molar-refractivity contribution is -0.384. The number of aromatic nitrogens is 4. The van der Waals surface area contributed by atoms with Crippen LogP contribution in [0.25, 0.3) is 22.1 Å². The SMILES string of the molecule is Cn1c2ccccc2c2nnc(N/N=C\c3cc([N+](=O)[O-])ccc3O)nc21. The topological polar surface area (TPSA) is 131 Å². The molecule has 0 aliphatic carbocycles. The summed E-state index contributed by atoms with van der Waals surface area (Å²) in [5, 5.41) is 33.7. The van der Waals surface area contributed by atoms with Crippen LogP contribution in [0.15, 0.2) is 47.6 Å². The quantitative estimate of drug-likeness (QED) is 0.323. The number of hydrogen-bond acceptors (Lipinski definition) is 8. The Hall–Kier alpha value is -4.08. The van der Waals surface area contributed by atoms with E-state index in [9.17, 15) is 15.2 Å². The van der Waals surface area contributed by atoms with Gasteiger partial charge in [0.05, 0.1) is 16.7 Å². The number of phenolic OH excluding ortho intramolecular Hbond substituents is 1. The zero-order valence-electron chi connectivity index (χ0n) is 14.1. The number of non-ortho nitro benzene ring substituents is 1. The molecule has 4 aromatic rings. The van der Waals surface area contributed by atoms with E-state index in [1.807, 2.05) is 35.9 Å². The first-order valence-corrected chi connectivity index (χ1v) is 7.89. The van der Waals surface area contributed by atoms with Crippen LogP contribution in [0.2, 0.25) is 0 Å². The number of nitro groups is 1. The minimum absolute atomic E-state index is 0.130. The number of benzene rings is 2. The second kappa shape index (κ2) is 6.33. The first-order chi connectivity index (χ1) is 13.0. The maximum atomic E-state index is 10.8. The van der Waals surface area contributed by atoms with Crippen LogP contribution in [-0.4, -0.2) is 36.0 Å². The molecule has 0 amide bonds. The highest BCUT2D eigenvalue weighted by Crippen LogP contribution is 2.25. The molecule has 0 unspecified atom stereocenters. The summed E-state index contributed by atoms with van der Waals surface area (Å²) in [6.07, 6.45) is 1.25. The number of fused-ring (bicyclic) bond motifs is 3. The van der Waals surface area contributed by atoms with Gasteiger partial charge in [0.15, 0.2) is 5.65 Å². The molecule has 2 aromatic carbocycles. The number of rotatable bonds is 4. The molecule has 0 radical (unpaired) electrons. The third kappa shape index (κ3) is 2.88. The van der Waals surface area contributed by atoms with Crippen LogP contribution in [0, 0.1) is 10.1 Å². The smallest absolute Gasteiger partial charge is 0.270 e. The molecule has 0 aliphatic rings. The monoisotopic (exact) mass is 363 g/mol. The number of aryl methyl sites for hydroxylation is 1. The van der Waals surface area contributed by atoms with Crippen molar-refractivity contribution in [3.05, 3.63) is 58.1 Å². The Bertz CT molecular complexity index is 1220. The molecule has 27 heavy (non-hydrogen) atoms. The van der Waals surface area contributed by atoms with Crippen molar-refractivity contribution in [3.63, 3.8) is 0 Å². The van der Waals surface area contributed by atoms with Gasteiger partial charge in [-0.15, -0.1) is 10.2 Å². The highest BCUT2D eigenvalue weighted by atomic mass is 16.6. The zero-order chi connectivity index (χ0) is 19.0. The summed E-state index contributed by atoms with van der Waals surface area (Å²) in [4.78, 5) is 14.7. The number of nitro benzene ring substituents is 1. The molecule has 0 atom stereocenters. The molecule has 0 spiro atoms. The Morgan fingerprint density at radius 1 is 1.26 bits per heavy atom. The molecule has 2 heterocycles. The molecule has 10 nitrogen and oxygen atoms in total. The van der Waals surface area contributed by atoms with Crippen molar-refractivity contribution in [2.24, 2.45) is 12.1 Å². The summed E-state index contributed by atoms with van der Waals surface area (Å²) < 4.78 is 1.90. The molecule has 2 N–H and O–H groups in total. The van der Waals surface area contributed by atoms with Gasteiger partial charge in [-0.1, -0.05) is 18.2 Å². The fourth-order valence-electron chi connectivity index (χ4n) is 2.77. The first-order valence-electron chi connectivity index (χ1n) is 7.89. The molecule has 10 heteroatoms. The fourth-order valence-corrected chi connectivity index (χ4v) is 2.77. The summed E-state index contributed by atoms with van der Waals surface area (Å²) >= 11 is 0. The molecule has 0 aliphatic heterocycles. The molecule has 2 aromatic heterocycles. The van der Waals surface area contributed by atoms with Crippen LogP contribution in [0.5, 0.6) is 5.75 Å². The van der Waals surface area contributed by atoms with Crippen LogP contribution in [0.1, 0.15) is 5.56 Å². The van der Waals surface area contributed by atoms with E-state index in [1.165, 1.54) is 24.4 Å². The Morgan fingerprint density at radius 2 is 2.07 bits per heavy atom. The Morgan fingerprint density at radius 3 is 2.89 bits per heavy atom. The van der Waals surface area contributed by atoms with Crippen LogP contribution in [-0.2, 0) is 7.05 Å². The van der Waals surface area contributed by atoms with Gasteiger partial charge in [0, 0.05) is 30.1 Å². The normalized spacial score (nSPS) is 11.4. The number of phenols is 1. The van der Waals surface area contributed by atoms with Crippen LogP contribution >= 0.6 is 0 Å². The van der Waals surface area contributed by atoms with Gasteiger partial charge in [-0.3, -0.25) is 10.1 Å². The third-order valence-corrected chi connectivity index (χ3v) is 4.10. The number of hydrogen-bond donors (Lipinski definition) is 2. The number of para-hydroxylation sites is 1. The Kier molecular flexibility index (Phi) is 3.84. The van der Waals surface area contributed by atoms with Crippen molar-refractivity contribution >= 4 is 39.9 Å². The van der Waals surface area contributed by atoms with E-state index in [1.54, 1.807) is 0 Å². The summed E-state index contributed by atoms with van der Waals surface area (Å²) in [6, 6.07) is 11.4. The molecule has 134 valence electrons. The summed E-state index contributed by atoms with van der Waals surface area (Å²) in [5.41, 5.74) is 4.97. The van der Waals surface area contributed by atoms with E-state index >= 15 is 0 Å². The van der Waals surface area contributed by atoms with Crippen molar-refractivity contribution in [1.82, 2.24) is 19.7 Å². The lowest BCUT2D eigenvalue weighted by atomic mass is 10.2. The zero-order valence-corrected chi connectivity index (χ0v) is 14.1. The van der Waals surface area contributed by atoms with E-state index in [0.29, 0.717) is 11.2 Å². The summed E-state index contributed by atoms with van der Waals surface area (Å²) in [5.74, 6) is 0.0314. The maximum absolute atomic E-state index is 10.8. The van der Waals surface area contributed by atoms with E-state index in [4.69, 9.17) is 0 Å². The lowest BCUT2D eigenvalue weighted by Crippen LogP contribution is -2.01. The average molecular weight is 363 g/mol. The molecule has 4 rings (SSSR count). The van der Waals surface area contributed by atoms with E-state index in [-0.39, 0.29) is 22.9 Å². The van der Waals surface area contributed by atoms with Crippen molar-refractivity contribution in [2.45, 2.75) is 0 Å². The van der Waals surface area contributed by atoms with Gasteiger partial charge in [0.2, 0.25) is 0 Å². The molecule has 0 bridgehead atoms.